The molecule has 3 nitrogen and oxygen atoms in total. The molecule has 5 heteroatoms. The summed E-state index contributed by atoms with van der Waals surface area (Å²) in [4.78, 5) is 2.64. The molecule has 0 amide bonds. The lowest BCUT2D eigenvalue weighted by molar-refractivity contribution is 0.331. The molecule has 2 aliphatic heterocycles. The van der Waals surface area contributed by atoms with E-state index in [4.69, 9.17) is 4.42 Å². The monoisotopic (exact) mass is 844 g/mol. The molecule has 13 rings (SSSR count). The van der Waals surface area contributed by atoms with Crippen LogP contribution in [0.1, 0.15) is 76.6 Å². The Morgan fingerprint density at radius 3 is 2.11 bits per heavy atom. The molecule has 10 aromatic rings. The molecule has 0 unspecified atom stereocenters. The average molecular weight is 845 g/mol. The smallest absolute Gasteiger partial charge is 0.198 e. The van der Waals surface area contributed by atoms with Crippen molar-refractivity contribution in [3.8, 4) is 22.3 Å². The Bertz CT molecular complexity index is 3610. The molecule has 2 aromatic heterocycles. The summed E-state index contributed by atoms with van der Waals surface area (Å²) in [7, 11) is 0.806. The highest BCUT2D eigenvalue weighted by Crippen LogP contribution is 2.57. The first-order valence-electron chi connectivity index (χ1n) is 22.9. The second-order valence-corrected chi connectivity index (χ2v) is 21.4. The third-order valence-corrected chi connectivity index (χ3v) is 16.5. The van der Waals surface area contributed by atoms with Crippen molar-refractivity contribution in [3.05, 3.63) is 174 Å². The summed E-state index contributed by atoms with van der Waals surface area (Å²) in [5.74, 6) is 0. The maximum atomic E-state index is 6.99. The number of hydrogen-bond acceptors (Lipinski definition) is 4. The van der Waals surface area contributed by atoms with E-state index in [0.717, 1.165) is 46.2 Å². The van der Waals surface area contributed by atoms with Crippen molar-refractivity contribution in [1.82, 2.24) is 0 Å². The highest BCUT2D eigenvalue weighted by molar-refractivity contribution is 7.26. The zero-order valence-corrected chi connectivity index (χ0v) is 38.1. The van der Waals surface area contributed by atoms with E-state index in [0.29, 0.717) is 0 Å². The van der Waals surface area contributed by atoms with Gasteiger partial charge in [-0.05, 0) is 98.4 Å². The van der Waals surface area contributed by atoms with Gasteiger partial charge < -0.3 is 14.6 Å². The lowest BCUT2D eigenvalue weighted by atomic mass is 9.55. The fourth-order valence-electron chi connectivity index (χ4n) is 11.8. The molecular formula is C59H49BN2OS. The number of para-hydroxylation sites is 2. The first kappa shape index (κ1) is 38.0. The van der Waals surface area contributed by atoms with E-state index in [9.17, 15) is 0 Å². The molecule has 64 heavy (non-hydrogen) atoms. The highest BCUT2D eigenvalue weighted by atomic mass is 32.1. The summed E-state index contributed by atoms with van der Waals surface area (Å²) in [6.07, 6.45) is 2.35. The number of fused-ring (bicyclic) bond motifs is 11. The van der Waals surface area contributed by atoms with E-state index in [1.165, 1.54) is 99.9 Å². The number of nitrogens with zero attached hydrogens (tertiary/aromatic N) is 1. The molecule has 0 bridgehead atoms. The molecule has 0 radical (unpaired) electrons. The zero-order chi connectivity index (χ0) is 43.3. The van der Waals surface area contributed by atoms with Gasteiger partial charge in [0.05, 0.1) is 16.1 Å². The Labute approximate surface area is 379 Å². The summed E-state index contributed by atoms with van der Waals surface area (Å²) in [6.45, 7) is 14.7. The van der Waals surface area contributed by atoms with Gasteiger partial charge in [-0.25, -0.2) is 0 Å². The van der Waals surface area contributed by atoms with Gasteiger partial charge in [-0.15, -0.1) is 11.3 Å². The first-order valence-corrected chi connectivity index (χ1v) is 23.7. The van der Waals surface area contributed by atoms with Crippen LogP contribution in [0.2, 0.25) is 0 Å². The van der Waals surface area contributed by atoms with Crippen LogP contribution in [0.3, 0.4) is 0 Å². The molecule has 3 aliphatic rings. The number of benzene rings is 8. The quantitative estimate of drug-likeness (QED) is 0.179. The Hall–Kier alpha value is -6.56. The fourth-order valence-corrected chi connectivity index (χ4v) is 12.9. The largest absolute Gasteiger partial charge is 0.456 e. The standard InChI is InChI=1S/C59H49BN2OS/c1-57(2)28-29-58(3,4)42-32-47-43(31-41(42)57)59(5,6)40-21-15-22-44-55(40)62(47)48-33-50-52(39-19-10-12-24-49(39)63-50)53(54(48)60-44)38-27-26-35(34-16-8-7-9-17-34)30-46(38)61-45-23-14-20-37-36-18-11-13-25-51(36)64-56(37)45/h7-27,30-33,60-61H,28-29H2,1-6H3. The summed E-state index contributed by atoms with van der Waals surface area (Å²) in [5, 5.41) is 8.98. The number of anilines is 5. The van der Waals surface area contributed by atoms with E-state index in [2.05, 4.69) is 203 Å². The van der Waals surface area contributed by atoms with Gasteiger partial charge in [0.2, 0.25) is 0 Å². The second-order valence-electron chi connectivity index (χ2n) is 20.4. The Balaban J connectivity index is 1.12. The highest BCUT2D eigenvalue weighted by Gasteiger charge is 2.45. The molecule has 0 atom stereocenters. The van der Waals surface area contributed by atoms with Gasteiger partial charge in [-0.2, -0.15) is 0 Å². The third-order valence-electron chi connectivity index (χ3n) is 15.3. The summed E-state index contributed by atoms with van der Waals surface area (Å²) in [5.41, 5.74) is 21.0. The lowest BCUT2D eigenvalue weighted by Gasteiger charge is -2.49. The van der Waals surface area contributed by atoms with Crippen molar-refractivity contribution in [1.29, 1.82) is 0 Å². The van der Waals surface area contributed by atoms with Crippen molar-refractivity contribution < 1.29 is 4.42 Å². The maximum absolute atomic E-state index is 6.99. The van der Waals surface area contributed by atoms with E-state index < -0.39 is 0 Å². The molecule has 310 valence electrons. The molecule has 4 heterocycles. The molecule has 0 saturated heterocycles. The van der Waals surface area contributed by atoms with Crippen molar-refractivity contribution >= 4 is 100 Å². The van der Waals surface area contributed by atoms with Crippen LogP contribution in [-0.4, -0.2) is 7.28 Å². The number of nitrogens with one attached hydrogen (secondary N) is 1. The van der Waals surface area contributed by atoms with Crippen LogP contribution >= 0.6 is 11.3 Å². The normalized spacial score (nSPS) is 16.3. The minimum absolute atomic E-state index is 0.0641. The molecule has 0 saturated carbocycles. The predicted octanol–water partition coefficient (Wildman–Crippen LogP) is 15.2. The van der Waals surface area contributed by atoms with E-state index in [1.807, 2.05) is 11.3 Å². The fraction of sp³-hybridized carbons (Fsp3) is 0.186. The summed E-state index contributed by atoms with van der Waals surface area (Å²) in [6, 6.07) is 56.5. The van der Waals surface area contributed by atoms with Gasteiger partial charge in [0.25, 0.3) is 0 Å². The zero-order valence-electron chi connectivity index (χ0n) is 37.3. The van der Waals surface area contributed by atoms with Crippen molar-refractivity contribution in [2.45, 2.75) is 70.6 Å². The Morgan fingerprint density at radius 2 is 1.28 bits per heavy atom. The van der Waals surface area contributed by atoms with E-state index in [-0.39, 0.29) is 16.2 Å². The molecular weight excluding hydrogens is 796 g/mol. The van der Waals surface area contributed by atoms with Gasteiger partial charge in [0.15, 0.2) is 7.28 Å². The van der Waals surface area contributed by atoms with Crippen LogP contribution in [0.25, 0.3) is 64.4 Å². The molecule has 0 fully saturated rings. The summed E-state index contributed by atoms with van der Waals surface area (Å²) < 4.78 is 9.54. The Morgan fingerprint density at radius 1 is 0.562 bits per heavy atom. The summed E-state index contributed by atoms with van der Waals surface area (Å²) >= 11 is 1.86. The number of thiophene rings is 1. The number of furan rings is 1. The van der Waals surface area contributed by atoms with Crippen LogP contribution in [0, 0.1) is 0 Å². The first-order chi connectivity index (χ1) is 31.0. The third kappa shape index (κ3) is 5.34. The lowest BCUT2D eigenvalue weighted by Crippen LogP contribution is -2.46. The van der Waals surface area contributed by atoms with Crippen molar-refractivity contribution in [2.24, 2.45) is 0 Å². The molecule has 1 aliphatic carbocycles. The molecule has 8 aromatic carbocycles. The van der Waals surface area contributed by atoms with Crippen LogP contribution in [0.15, 0.2) is 156 Å². The van der Waals surface area contributed by atoms with Gasteiger partial charge in [-0.3, -0.25) is 0 Å². The minimum atomic E-state index is -0.189. The average Bonchev–Trinajstić information content (AvgIpc) is 3.88. The van der Waals surface area contributed by atoms with Crippen LogP contribution < -0.4 is 21.1 Å². The van der Waals surface area contributed by atoms with Crippen molar-refractivity contribution in [2.75, 3.05) is 10.2 Å². The van der Waals surface area contributed by atoms with Crippen LogP contribution in [0.4, 0.5) is 28.4 Å². The van der Waals surface area contributed by atoms with Gasteiger partial charge >= 0.3 is 0 Å². The van der Waals surface area contributed by atoms with Gasteiger partial charge in [0, 0.05) is 60.4 Å². The van der Waals surface area contributed by atoms with Crippen molar-refractivity contribution in [3.63, 3.8) is 0 Å². The van der Waals surface area contributed by atoms with Gasteiger partial charge in [-0.1, -0.05) is 162 Å². The predicted molar refractivity (Wildman–Crippen MR) is 276 cm³/mol. The second kappa shape index (κ2) is 13.2. The SMILES string of the molecule is CC1(C)CCC(C)(C)c2cc3c(cc21)N1c2cc4oc5ccccc5c4c(-c4ccc(-c5ccccc5)cc4Nc4cccc5c4sc4ccccc45)c2Bc2cccc(c21)C3(C)C. The van der Waals surface area contributed by atoms with E-state index in [1.54, 1.807) is 0 Å². The Kier molecular flexibility index (Phi) is 7.86. The number of hydrogen-bond donors (Lipinski definition) is 1. The number of rotatable bonds is 4. The van der Waals surface area contributed by atoms with Gasteiger partial charge in [0.1, 0.15) is 11.2 Å². The topological polar surface area (TPSA) is 28.4 Å². The van der Waals surface area contributed by atoms with Crippen LogP contribution in [0.5, 0.6) is 0 Å². The van der Waals surface area contributed by atoms with E-state index >= 15 is 0 Å². The maximum Gasteiger partial charge on any atom is 0.198 e. The molecule has 1 N–H and O–H groups in total. The van der Waals surface area contributed by atoms with Crippen LogP contribution in [-0.2, 0) is 16.2 Å². The minimum Gasteiger partial charge on any atom is -0.456 e. The molecule has 0 spiro atoms.